The zero-order valence-electron chi connectivity index (χ0n) is 21.1. The minimum atomic E-state index is -0.588. The fourth-order valence-electron chi connectivity index (χ4n) is 4.02. The van der Waals surface area contributed by atoms with Crippen molar-refractivity contribution in [1.29, 1.82) is 0 Å². The maximum absolute atomic E-state index is 14.4. The molecule has 0 spiro atoms. The predicted octanol–water partition coefficient (Wildman–Crippen LogP) is 8.14. The number of hydrogen-bond acceptors (Lipinski definition) is 4. The Labute approximate surface area is 209 Å². The summed E-state index contributed by atoms with van der Waals surface area (Å²) in [6.07, 6.45) is 16.2. The Morgan fingerprint density at radius 2 is 1.49 bits per heavy atom. The molecule has 0 aliphatic carbocycles. The monoisotopic (exact) mass is 476 g/mol. The largest absolute Gasteiger partial charge is 0.420 e. The predicted molar refractivity (Wildman–Crippen MR) is 139 cm³/mol. The van der Waals surface area contributed by atoms with Crippen LogP contribution in [0.2, 0.25) is 0 Å². The lowest BCUT2D eigenvalue weighted by Gasteiger charge is -2.08. The molecule has 0 unspecified atom stereocenters. The first kappa shape index (κ1) is 26.5. The molecule has 0 atom stereocenters. The van der Waals surface area contributed by atoms with Crippen molar-refractivity contribution in [3.63, 3.8) is 0 Å². The van der Waals surface area contributed by atoms with Gasteiger partial charge in [-0.25, -0.2) is 9.18 Å². The van der Waals surface area contributed by atoms with Gasteiger partial charge in [-0.3, -0.25) is 9.97 Å². The van der Waals surface area contributed by atoms with Crippen LogP contribution in [0.5, 0.6) is 5.75 Å². The van der Waals surface area contributed by atoms with Crippen LogP contribution >= 0.6 is 0 Å². The third-order valence-corrected chi connectivity index (χ3v) is 6.18. The summed E-state index contributed by atoms with van der Waals surface area (Å²) in [6, 6.07) is 11.8. The number of carbonyl (C=O) groups is 1. The summed E-state index contributed by atoms with van der Waals surface area (Å²) in [6.45, 7) is 4.36. The van der Waals surface area contributed by atoms with Crippen LogP contribution in [0.15, 0.2) is 54.9 Å². The van der Waals surface area contributed by atoms with E-state index in [-0.39, 0.29) is 5.75 Å². The summed E-state index contributed by atoms with van der Waals surface area (Å²) >= 11 is 0. The Balaban J connectivity index is 1.52. The number of carbonyl (C=O) groups excluding carboxylic acids is 1. The van der Waals surface area contributed by atoms with Gasteiger partial charge in [-0.05, 0) is 55.5 Å². The van der Waals surface area contributed by atoms with Gasteiger partial charge in [-0.2, -0.15) is 0 Å². The standard InChI is InChI=1S/C30H37FN2O2/c1-3-5-7-8-9-11-13-26-21-33-28(22-32-26)24-15-17-25(18-16-24)30(34)35-29-19-14-23(20-27(29)31)12-10-6-4-2/h14-22H,3-13H2,1-2H3. The molecule has 3 rings (SSSR count). The van der Waals surface area contributed by atoms with Crippen LogP contribution in [0.25, 0.3) is 11.3 Å². The van der Waals surface area contributed by atoms with E-state index in [1.54, 1.807) is 30.5 Å². The normalized spacial score (nSPS) is 10.9. The van der Waals surface area contributed by atoms with Gasteiger partial charge >= 0.3 is 5.97 Å². The maximum atomic E-state index is 14.4. The van der Waals surface area contributed by atoms with Crippen LogP contribution < -0.4 is 4.74 Å². The number of esters is 1. The van der Waals surface area contributed by atoms with Crippen molar-refractivity contribution in [1.82, 2.24) is 9.97 Å². The number of aryl methyl sites for hydroxylation is 2. The van der Waals surface area contributed by atoms with E-state index in [1.165, 1.54) is 44.2 Å². The average molecular weight is 477 g/mol. The molecule has 3 aromatic rings. The highest BCUT2D eigenvalue weighted by Gasteiger charge is 2.13. The number of aromatic nitrogens is 2. The highest BCUT2D eigenvalue weighted by Crippen LogP contribution is 2.22. The van der Waals surface area contributed by atoms with Gasteiger partial charge in [0.2, 0.25) is 0 Å². The molecular weight excluding hydrogens is 439 g/mol. The number of unbranched alkanes of at least 4 members (excludes halogenated alkanes) is 7. The Morgan fingerprint density at radius 3 is 2.17 bits per heavy atom. The zero-order chi connectivity index (χ0) is 24.9. The van der Waals surface area contributed by atoms with Crippen molar-refractivity contribution in [3.8, 4) is 17.0 Å². The van der Waals surface area contributed by atoms with E-state index < -0.39 is 11.8 Å². The van der Waals surface area contributed by atoms with Crippen molar-refractivity contribution in [2.24, 2.45) is 0 Å². The van der Waals surface area contributed by atoms with E-state index in [2.05, 4.69) is 23.8 Å². The van der Waals surface area contributed by atoms with Crippen LogP contribution in [0.1, 0.15) is 93.3 Å². The summed E-state index contributed by atoms with van der Waals surface area (Å²) in [4.78, 5) is 21.6. The number of hydrogen-bond donors (Lipinski definition) is 0. The maximum Gasteiger partial charge on any atom is 0.343 e. The third-order valence-electron chi connectivity index (χ3n) is 6.18. The molecule has 5 heteroatoms. The van der Waals surface area contributed by atoms with Crippen LogP contribution in [0.3, 0.4) is 0 Å². The zero-order valence-corrected chi connectivity index (χ0v) is 21.1. The van der Waals surface area contributed by atoms with Crippen molar-refractivity contribution in [2.45, 2.75) is 84.5 Å². The Morgan fingerprint density at radius 1 is 0.800 bits per heavy atom. The number of nitrogens with zero attached hydrogens (tertiary/aromatic N) is 2. The number of halogens is 1. The van der Waals surface area contributed by atoms with Gasteiger partial charge in [-0.1, -0.05) is 77.0 Å². The van der Waals surface area contributed by atoms with Crippen LogP contribution in [-0.2, 0) is 12.8 Å². The molecular formula is C30H37FN2O2. The van der Waals surface area contributed by atoms with Gasteiger partial charge in [-0.15, -0.1) is 0 Å². The first-order valence-corrected chi connectivity index (χ1v) is 13.0. The number of ether oxygens (including phenoxy) is 1. The van der Waals surface area contributed by atoms with Crippen LogP contribution in [-0.4, -0.2) is 15.9 Å². The number of benzene rings is 2. The van der Waals surface area contributed by atoms with Crippen LogP contribution in [0, 0.1) is 5.82 Å². The molecule has 35 heavy (non-hydrogen) atoms. The third kappa shape index (κ3) is 8.57. The van der Waals surface area contributed by atoms with E-state index in [0.29, 0.717) is 5.56 Å². The highest BCUT2D eigenvalue weighted by molar-refractivity contribution is 5.91. The molecule has 0 fully saturated rings. The lowest BCUT2D eigenvalue weighted by atomic mass is 10.1. The molecule has 0 saturated carbocycles. The van der Waals surface area contributed by atoms with Gasteiger partial charge in [0.05, 0.1) is 23.1 Å². The molecule has 1 aromatic heterocycles. The summed E-state index contributed by atoms with van der Waals surface area (Å²) in [7, 11) is 0. The summed E-state index contributed by atoms with van der Waals surface area (Å²) in [5.41, 5.74) is 3.89. The smallest absolute Gasteiger partial charge is 0.343 e. The first-order valence-electron chi connectivity index (χ1n) is 13.0. The van der Waals surface area contributed by atoms with Gasteiger partial charge in [0.1, 0.15) is 0 Å². The number of rotatable bonds is 14. The Kier molecular flexibility index (Phi) is 10.9. The first-order chi connectivity index (χ1) is 17.1. The average Bonchev–Trinajstić information content (AvgIpc) is 2.88. The molecule has 0 saturated heterocycles. The Hall–Kier alpha value is -3.08. The molecule has 186 valence electrons. The van der Waals surface area contributed by atoms with Crippen molar-refractivity contribution >= 4 is 5.97 Å². The lowest BCUT2D eigenvalue weighted by molar-refractivity contribution is 0.0728. The quantitative estimate of drug-likeness (QED) is 0.134. The van der Waals surface area contributed by atoms with E-state index in [0.717, 1.165) is 61.0 Å². The minimum Gasteiger partial charge on any atom is -0.420 e. The molecule has 0 aliphatic rings. The van der Waals surface area contributed by atoms with Gasteiger partial charge in [0, 0.05) is 11.8 Å². The van der Waals surface area contributed by atoms with Gasteiger partial charge in [0.15, 0.2) is 11.6 Å². The summed E-state index contributed by atoms with van der Waals surface area (Å²) in [5, 5.41) is 0. The van der Waals surface area contributed by atoms with E-state index in [1.807, 2.05) is 12.3 Å². The second-order valence-electron chi connectivity index (χ2n) is 9.10. The second-order valence-corrected chi connectivity index (χ2v) is 9.10. The minimum absolute atomic E-state index is 0.0508. The highest BCUT2D eigenvalue weighted by atomic mass is 19.1. The van der Waals surface area contributed by atoms with Crippen molar-refractivity contribution in [3.05, 3.63) is 77.5 Å². The molecule has 0 amide bonds. The van der Waals surface area contributed by atoms with Crippen molar-refractivity contribution < 1.29 is 13.9 Å². The van der Waals surface area contributed by atoms with Crippen LogP contribution in [0.4, 0.5) is 4.39 Å². The lowest BCUT2D eigenvalue weighted by Crippen LogP contribution is -2.09. The van der Waals surface area contributed by atoms with E-state index >= 15 is 0 Å². The topological polar surface area (TPSA) is 52.1 Å². The van der Waals surface area contributed by atoms with Crippen molar-refractivity contribution in [2.75, 3.05) is 0 Å². The van der Waals surface area contributed by atoms with Gasteiger partial charge < -0.3 is 4.74 Å². The molecule has 1 heterocycles. The molecule has 4 nitrogen and oxygen atoms in total. The van der Waals surface area contributed by atoms with Gasteiger partial charge in [0.25, 0.3) is 0 Å². The van der Waals surface area contributed by atoms with E-state index in [9.17, 15) is 9.18 Å². The summed E-state index contributed by atoms with van der Waals surface area (Å²) in [5.74, 6) is -1.15. The molecule has 0 aliphatic heterocycles. The Bertz CT molecular complexity index is 1050. The molecule has 0 N–H and O–H groups in total. The fraction of sp³-hybridized carbons (Fsp3) is 0.433. The summed E-state index contributed by atoms with van der Waals surface area (Å²) < 4.78 is 19.7. The SMILES string of the molecule is CCCCCCCCc1cnc(-c2ccc(C(=O)Oc3ccc(CCCCC)cc3F)cc2)cn1. The molecule has 0 bridgehead atoms. The molecule has 0 radical (unpaired) electrons. The fourth-order valence-corrected chi connectivity index (χ4v) is 4.02. The second kappa shape index (κ2) is 14.3. The van der Waals surface area contributed by atoms with E-state index in [4.69, 9.17) is 4.74 Å². The molecule has 2 aromatic carbocycles.